The molecule has 0 aliphatic carbocycles. The van der Waals surface area contributed by atoms with Gasteiger partial charge in [-0.1, -0.05) is 0 Å². The predicted molar refractivity (Wildman–Crippen MR) is 85.6 cm³/mol. The normalized spacial score (nSPS) is 10.6. The molecule has 23 heavy (non-hydrogen) atoms. The molecule has 1 amide bonds. The van der Waals surface area contributed by atoms with Crippen molar-refractivity contribution in [2.45, 2.75) is 6.92 Å². The first-order valence-electron chi connectivity index (χ1n) is 7.04. The topological polar surface area (TPSA) is 59.9 Å². The first-order valence-corrected chi connectivity index (χ1v) is 7.04. The van der Waals surface area contributed by atoms with Crippen LogP contribution in [0, 0.1) is 5.82 Å². The van der Waals surface area contributed by atoms with Crippen LogP contribution in [-0.4, -0.2) is 25.8 Å². The Morgan fingerprint density at radius 3 is 2.61 bits per heavy atom. The van der Waals surface area contributed by atoms with Crippen LogP contribution in [-0.2, 0) is 0 Å². The van der Waals surface area contributed by atoms with Gasteiger partial charge in [0.25, 0.3) is 5.91 Å². The number of ether oxygens (including phenoxy) is 2. The number of rotatable bonds is 6. The SMILES string of the molecule is CCOc1ccc(C=NNC(=O)c2ccc(F)cc2)cc1OC. The summed E-state index contributed by atoms with van der Waals surface area (Å²) in [5.41, 5.74) is 3.45. The highest BCUT2D eigenvalue weighted by atomic mass is 19.1. The standard InChI is InChI=1S/C17H17FN2O3/c1-3-23-15-9-4-12(10-16(15)22-2)11-19-20-17(21)13-5-7-14(18)8-6-13/h4-11H,3H2,1-2H3,(H,20,21). The summed E-state index contributed by atoms with van der Waals surface area (Å²) in [6.07, 6.45) is 1.49. The fourth-order valence-electron chi connectivity index (χ4n) is 1.87. The molecule has 0 saturated heterocycles. The summed E-state index contributed by atoms with van der Waals surface area (Å²) in [6.45, 7) is 2.43. The quantitative estimate of drug-likeness (QED) is 0.658. The molecule has 0 spiro atoms. The molecule has 0 fully saturated rings. The molecule has 0 unspecified atom stereocenters. The van der Waals surface area contributed by atoms with Crippen LogP contribution in [0.2, 0.25) is 0 Å². The number of carbonyl (C=O) groups is 1. The molecule has 2 aromatic rings. The Morgan fingerprint density at radius 1 is 1.22 bits per heavy atom. The highest BCUT2D eigenvalue weighted by molar-refractivity contribution is 5.94. The Labute approximate surface area is 133 Å². The van der Waals surface area contributed by atoms with E-state index in [4.69, 9.17) is 9.47 Å². The monoisotopic (exact) mass is 316 g/mol. The lowest BCUT2D eigenvalue weighted by molar-refractivity contribution is 0.0955. The van der Waals surface area contributed by atoms with Gasteiger partial charge in [0.1, 0.15) is 5.82 Å². The van der Waals surface area contributed by atoms with E-state index in [1.54, 1.807) is 25.3 Å². The van der Waals surface area contributed by atoms with Crippen LogP contribution < -0.4 is 14.9 Å². The Hall–Kier alpha value is -2.89. The van der Waals surface area contributed by atoms with Gasteiger partial charge < -0.3 is 9.47 Å². The van der Waals surface area contributed by atoms with Crippen LogP contribution in [0.5, 0.6) is 11.5 Å². The van der Waals surface area contributed by atoms with Gasteiger partial charge in [0.2, 0.25) is 0 Å². The van der Waals surface area contributed by atoms with Crippen molar-refractivity contribution in [1.29, 1.82) is 0 Å². The van der Waals surface area contributed by atoms with Crippen LogP contribution in [0.3, 0.4) is 0 Å². The number of nitrogens with zero attached hydrogens (tertiary/aromatic N) is 1. The molecule has 0 heterocycles. The minimum Gasteiger partial charge on any atom is -0.493 e. The van der Waals surface area contributed by atoms with E-state index in [9.17, 15) is 9.18 Å². The number of hydrogen-bond donors (Lipinski definition) is 1. The van der Waals surface area contributed by atoms with Crippen molar-refractivity contribution < 1.29 is 18.7 Å². The zero-order valence-electron chi connectivity index (χ0n) is 12.9. The summed E-state index contributed by atoms with van der Waals surface area (Å²) in [5.74, 6) is 0.411. The minimum absolute atomic E-state index is 0.327. The van der Waals surface area contributed by atoms with E-state index >= 15 is 0 Å². The van der Waals surface area contributed by atoms with Crippen LogP contribution >= 0.6 is 0 Å². The lowest BCUT2D eigenvalue weighted by Crippen LogP contribution is -2.17. The molecule has 5 nitrogen and oxygen atoms in total. The summed E-state index contributed by atoms with van der Waals surface area (Å²) in [7, 11) is 1.55. The van der Waals surface area contributed by atoms with E-state index in [2.05, 4.69) is 10.5 Å². The molecule has 120 valence electrons. The Kier molecular flexibility index (Phi) is 5.68. The molecule has 0 bridgehead atoms. The number of hydrogen-bond acceptors (Lipinski definition) is 4. The molecule has 0 aromatic heterocycles. The Morgan fingerprint density at radius 2 is 1.96 bits per heavy atom. The average Bonchev–Trinajstić information content (AvgIpc) is 2.56. The molecule has 6 heteroatoms. The van der Waals surface area contributed by atoms with Crippen molar-refractivity contribution in [2.24, 2.45) is 5.10 Å². The largest absolute Gasteiger partial charge is 0.493 e. The van der Waals surface area contributed by atoms with Crippen molar-refractivity contribution in [1.82, 2.24) is 5.43 Å². The van der Waals surface area contributed by atoms with Gasteiger partial charge in [0, 0.05) is 5.56 Å². The Bertz CT molecular complexity index is 699. The second kappa shape index (κ2) is 7.93. The van der Waals surface area contributed by atoms with Crippen LogP contribution in [0.15, 0.2) is 47.6 Å². The van der Waals surface area contributed by atoms with E-state index in [0.29, 0.717) is 23.7 Å². The molecule has 0 atom stereocenters. The van der Waals surface area contributed by atoms with E-state index in [1.165, 1.54) is 30.5 Å². The second-order valence-electron chi connectivity index (χ2n) is 4.55. The Balaban J connectivity index is 2.02. The van der Waals surface area contributed by atoms with Crippen molar-refractivity contribution in [3.05, 3.63) is 59.4 Å². The predicted octanol–water partition coefficient (Wildman–Crippen LogP) is 3.00. The zero-order chi connectivity index (χ0) is 16.7. The molecule has 0 aliphatic heterocycles. The fraction of sp³-hybridized carbons (Fsp3) is 0.176. The van der Waals surface area contributed by atoms with Gasteiger partial charge in [0.15, 0.2) is 11.5 Å². The van der Waals surface area contributed by atoms with Gasteiger partial charge in [-0.3, -0.25) is 4.79 Å². The van der Waals surface area contributed by atoms with Gasteiger partial charge >= 0.3 is 0 Å². The first-order chi connectivity index (χ1) is 11.1. The zero-order valence-corrected chi connectivity index (χ0v) is 12.9. The highest BCUT2D eigenvalue weighted by Crippen LogP contribution is 2.27. The van der Waals surface area contributed by atoms with Crippen LogP contribution in [0.4, 0.5) is 4.39 Å². The van der Waals surface area contributed by atoms with Crippen molar-refractivity contribution in [3.8, 4) is 11.5 Å². The van der Waals surface area contributed by atoms with Crippen molar-refractivity contribution >= 4 is 12.1 Å². The van der Waals surface area contributed by atoms with E-state index < -0.39 is 11.7 Å². The molecular formula is C17H17FN2O3. The molecule has 0 saturated carbocycles. The maximum Gasteiger partial charge on any atom is 0.271 e. The van der Waals surface area contributed by atoms with Gasteiger partial charge in [-0.15, -0.1) is 0 Å². The summed E-state index contributed by atoms with van der Waals surface area (Å²) < 4.78 is 23.5. The lowest BCUT2D eigenvalue weighted by Gasteiger charge is -2.09. The molecular weight excluding hydrogens is 299 g/mol. The molecule has 0 aliphatic rings. The van der Waals surface area contributed by atoms with Gasteiger partial charge in [-0.25, -0.2) is 9.82 Å². The summed E-state index contributed by atoms with van der Waals surface area (Å²) in [5, 5.41) is 3.88. The van der Waals surface area contributed by atoms with Crippen molar-refractivity contribution in [2.75, 3.05) is 13.7 Å². The number of amides is 1. The minimum atomic E-state index is -0.417. The van der Waals surface area contributed by atoms with Crippen molar-refractivity contribution in [3.63, 3.8) is 0 Å². The third-order valence-corrected chi connectivity index (χ3v) is 2.97. The number of hydrazone groups is 1. The number of methoxy groups -OCH3 is 1. The fourth-order valence-corrected chi connectivity index (χ4v) is 1.87. The maximum absolute atomic E-state index is 12.8. The summed E-state index contributed by atoms with van der Waals surface area (Å²) in [6, 6.07) is 10.5. The third-order valence-electron chi connectivity index (χ3n) is 2.97. The molecule has 1 N–H and O–H groups in total. The molecule has 2 rings (SSSR count). The number of benzene rings is 2. The van der Waals surface area contributed by atoms with Crippen LogP contribution in [0.25, 0.3) is 0 Å². The molecule has 2 aromatic carbocycles. The highest BCUT2D eigenvalue weighted by Gasteiger charge is 2.05. The number of nitrogens with one attached hydrogen (secondary N) is 1. The van der Waals surface area contributed by atoms with Gasteiger partial charge in [-0.2, -0.15) is 5.10 Å². The maximum atomic E-state index is 12.8. The second-order valence-corrected chi connectivity index (χ2v) is 4.55. The molecule has 0 radical (unpaired) electrons. The van der Waals surface area contributed by atoms with E-state index in [1.807, 2.05) is 6.92 Å². The summed E-state index contributed by atoms with van der Waals surface area (Å²) >= 11 is 0. The first kappa shape index (κ1) is 16.5. The summed E-state index contributed by atoms with van der Waals surface area (Å²) in [4.78, 5) is 11.8. The average molecular weight is 316 g/mol. The van der Waals surface area contributed by atoms with Gasteiger partial charge in [-0.05, 0) is 55.0 Å². The number of carbonyl (C=O) groups excluding carboxylic acids is 1. The van der Waals surface area contributed by atoms with E-state index in [-0.39, 0.29) is 0 Å². The van der Waals surface area contributed by atoms with Crippen LogP contribution in [0.1, 0.15) is 22.8 Å². The number of halogens is 1. The van der Waals surface area contributed by atoms with E-state index in [0.717, 1.165) is 5.56 Å². The third kappa shape index (κ3) is 4.54. The lowest BCUT2D eigenvalue weighted by atomic mass is 10.2. The smallest absolute Gasteiger partial charge is 0.271 e. The van der Waals surface area contributed by atoms with Gasteiger partial charge in [0.05, 0.1) is 19.9 Å².